The molecule has 1 heterocycles. The molecule has 0 bridgehead atoms. The molecule has 0 fully saturated rings. The highest BCUT2D eigenvalue weighted by Gasteiger charge is 2.27. The minimum Gasteiger partial charge on any atom is -0.375 e. The van der Waals surface area contributed by atoms with Gasteiger partial charge >= 0.3 is 6.18 Å². The van der Waals surface area contributed by atoms with Crippen LogP contribution in [-0.2, 0) is 22.7 Å². The van der Waals surface area contributed by atoms with Crippen molar-refractivity contribution in [3.8, 4) is 0 Å². The van der Waals surface area contributed by atoms with Crippen molar-refractivity contribution in [3.05, 3.63) is 11.7 Å². The van der Waals surface area contributed by atoms with Crippen LogP contribution in [0.4, 0.5) is 13.2 Å². The summed E-state index contributed by atoms with van der Waals surface area (Å²) in [5.74, 6) is -0.301. The largest absolute Gasteiger partial charge is 0.389 e. The van der Waals surface area contributed by atoms with Gasteiger partial charge in [0, 0.05) is 13.5 Å². The fourth-order valence-corrected chi connectivity index (χ4v) is 1.07. The lowest BCUT2D eigenvalue weighted by molar-refractivity contribution is -0.144. The van der Waals surface area contributed by atoms with Crippen LogP contribution in [0.5, 0.6) is 0 Å². The van der Waals surface area contributed by atoms with Crippen LogP contribution < -0.4 is 5.32 Å². The summed E-state index contributed by atoms with van der Waals surface area (Å²) in [6, 6.07) is 0. The van der Waals surface area contributed by atoms with Crippen molar-refractivity contribution in [3.63, 3.8) is 0 Å². The number of carbonyl (C=O) groups is 1. The quantitative estimate of drug-likeness (QED) is 0.837. The van der Waals surface area contributed by atoms with Crippen LogP contribution in [0.3, 0.4) is 0 Å². The molecule has 0 saturated heterocycles. The van der Waals surface area contributed by atoms with Crippen LogP contribution in [0.15, 0.2) is 4.52 Å². The summed E-state index contributed by atoms with van der Waals surface area (Å²) in [6.07, 6.45) is -6.11. The molecule has 1 rings (SSSR count). The van der Waals surface area contributed by atoms with Gasteiger partial charge in [0.25, 0.3) is 5.89 Å². The third-order valence-electron chi connectivity index (χ3n) is 1.86. The van der Waals surface area contributed by atoms with Crippen molar-refractivity contribution >= 4 is 5.91 Å². The molecule has 6 nitrogen and oxygen atoms in total. The van der Waals surface area contributed by atoms with Crippen molar-refractivity contribution in [2.45, 2.75) is 32.2 Å². The van der Waals surface area contributed by atoms with Crippen molar-refractivity contribution in [2.75, 3.05) is 7.11 Å². The van der Waals surface area contributed by atoms with E-state index in [-0.39, 0.29) is 24.9 Å². The van der Waals surface area contributed by atoms with E-state index in [1.54, 1.807) is 0 Å². The summed E-state index contributed by atoms with van der Waals surface area (Å²) in [5.41, 5.74) is 0. The molecular formula is C9H12F3N3O3. The maximum absolute atomic E-state index is 11.8. The lowest BCUT2D eigenvalue weighted by atomic mass is 10.3. The molecule has 1 amide bonds. The number of methoxy groups -OCH3 is 1. The van der Waals surface area contributed by atoms with E-state index in [9.17, 15) is 18.0 Å². The second-order valence-corrected chi connectivity index (χ2v) is 3.43. The number of nitrogens with one attached hydrogen (secondary N) is 1. The second kappa shape index (κ2) is 6.34. The van der Waals surface area contributed by atoms with Gasteiger partial charge in [-0.15, -0.1) is 0 Å². The number of nitrogens with zero attached hydrogens (tertiary/aromatic N) is 2. The van der Waals surface area contributed by atoms with Crippen LogP contribution in [0.2, 0.25) is 0 Å². The summed E-state index contributed by atoms with van der Waals surface area (Å²) < 4.78 is 45.0. The van der Waals surface area contributed by atoms with Crippen molar-refractivity contribution in [1.29, 1.82) is 0 Å². The van der Waals surface area contributed by atoms with Crippen LogP contribution in [-0.4, -0.2) is 29.3 Å². The zero-order chi connectivity index (χ0) is 13.6. The van der Waals surface area contributed by atoms with Crippen LogP contribution >= 0.6 is 0 Å². The van der Waals surface area contributed by atoms with Gasteiger partial charge in [-0.05, 0) is 0 Å². The number of ether oxygens (including phenoxy) is 1. The molecule has 1 aromatic heterocycles. The minimum absolute atomic E-state index is 0.0795. The summed E-state index contributed by atoms with van der Waals surface area (Å²) in [4.78, 5) is 14.9. The third kappa shape index (κ3) is 5.62. The number of hydrogen-bond donors (Lipinski definition) is 1. The maximum atomic E-state index is 11.8. The van der Waals surface area contributed by atoms with Crippen molar-refractivity contribution in [1.82, 2.24) is 15.5 Å². The normalized spacial score (nSPS) is 11.6. The molecule has 18 heavy (non-hydrogen) atoms. The second-order valence-electron chi connectivity index (χ2n) is 3.43. The maximum Gasteiger partial charge on any atom is 0.389 e. The Balaban J connectivity index is 2.29. The Morgan fingerprint density at radius 1 is 1.50 bits per heavy atom. The highest BCUT2D eigenvalue weighted by Crippen LogP contribution is 2.20. The molecule has 0 saturated carbocycles. The molecule has 0 atom stereocenters. The Bertz CT molecular complexity index is 392. The highest BCUT2D eigenvalue weighted by atomic mass is 19.4. The number of alkyl halides is 3. The number of rotatable bonds is 6. The topological polar surface area (TPSA) is 77.2 Å². The first-order valence-corrected chi connectivity index (χ1v) is 5.04. The van der Waals surface area contributed by atoms with E-state index >= 15 is 0 Å². The molecule has 0 unspecified atom stereocenters. The van der Waals surface area contributed by atoms with Crippen LogP contribution in [0, 0.1) is 0 Å². The highest BCUT2D eigenvalue weighted by molar-refractivity contribution is 5.75. The van der Waals surface area contributed by atoms with Gasteiger partial charge in [0.1, 0.15) is 6.61 Å². The standard InChI is InChI=1S/C9H12F3N3O3/c1-17-5-8-14-6(15-18-8)4-13-7(16)2-3-9(10,11)12/h2-5H2,1H3,(H,13,16). The van der Waals surface area contributed by atoms with Gasteiger partial charge in [-0.2, -0.15) is 18.2 Å². The van der Waals surface area contributed by atoms with Crippen LogP contribution in [0.25, 0.3) is 0 Å². The number of amides is 1. The van der Waals surface area contributed by atoms with Gasteiger partial charge in [0.15, 0.2) is 5.82 Å². The molecule has 1 N–H and O–H groups in total. The summed E-state index contributed by atoms with van der Waals surface area (Å²) >= 11 is 0. The van der Waals surface area contributed by atoms with E-state index in [0.29, 0.717) is 0 Å². The number of hydrogen-bond acceptors (Lipinski definition) is 5. The van der Waals surface area contributed by atoms with Crippen molar-refractivity contribution < 1.29 is 27.2 Å². The van der Waals surface area contributed by atoms with Gasteiger partial charge in [-0.25, -0.2) is 0 Å². The SMILES string of the molecule is COCc1nc(CNC(=O)CCC(F)(F)F)no1. The fraction of sp³-hybridized carbons (Fsp3) is 0.667. The van der Waals surface area contributed by atoms with E-state index < -0.39 is 24.9 Å². The average Bonchev–Trinajstić information content (AvgIpc) is 2.71. The summed E-state index contributed by atoms with van der Waals surface area (Å²) in [7, 11) is 1.45. The Morgan fingerprint density at radius 3 is 2.83 bits per heavy atom. The van der Waals surface area contributed by atoms with Gasteiger partial charge in [-0.3, -0.25) is 4.79 Å². The first kappa shape index (κ1) is 14.4. The van der Waals surface area contributed by atoms with Gasteiger partial charge in [0.2, 0.25) is 5.91 Å². The van der Waals surface area contributed by atoms with Crippen LogP contribution in [0.1, 0.15) is 24.6 Å². The molecule has 0 radical (unpaired) electrons. The average molecular weight is 267 g/mol. The molecule has 0 aliphatic heterocycles. The summed E-state index contributed by atoms with van der Waals surface area (Å²) in [6.45, 7) is 0.0545. The molecule has 0 aliphatic rings. The third-order valence-corrected chi connectivity index (χ3v) is 1.86. The first-order valence-electron chi connectivity index (χ1n) is 5.04. The first-order chi connectivity index (χ1) is 8.40. The van der Waals surface area contributed by atoms with E-state index in [1.807, 2.05) is 0 Å². The molecule has 0 spiro atoms. The zero-order valence-corrected chi connectivity index (χ0v) is 9.58. The number of halogens is 3. The monoisotopic (exact) mass is 267 g/mol. The van der Waals surface area contributed by atoms with E-state index in [0.717, 1.165) is 0 Å². The predicted molar refractivity (Wildman–Crippen MR) is 52.1 cm³/mol. The zero-order valence-electron chi connectivity index (χ0n) is 9.58. The molecule has 102 valence electrons. The molecule has 0 aliphatic carbocycles. The molecule has 1 aromatic rings. The number of carbonyl (C=O) groups excluding carboxylic acids is 1. The fourth-order valence-electron chi connectivity index (χ4n) is 1.07. The van der Waals surface area contributed by atoms with E-state index in [1.165, 1.54) is 7.11 Å². The molecule has 0 aromatic carbocycles. The predicted octanol–water partition coefficient (Wildman–Crippen LogP) is 1.17. The lowest BCUT2D eigenvalue weighted by Crippen LogP contribution is -2.25. The Hall–Kier alpha value is -1.64. The Labute approximate surface area is 100 Å². The Morgan fingerprint density at radius 2 is 2.22 bits per heavy atom. The Kier molecular flexibility index (Phi) is 5.08. The molecule has 9 heteroatoms. The van der Waals surface area contributed by atoms with Gasteiger partial charge in [0.05, 0.1) is 13.0 Å². The minimum atomic E-state index is -4.34. The van der Waals surface area contributed by atoms with E-state index in [2.05, 4.69) is 15.5 Å². The van der Waals surface area contributed by atoms with E-state index in [4.69, 9.17) is 9.26 Å². The number of aromatic nitrogens is 2. The van der Waals surface area contributed by atoms with Gasteiger partial charge in [-0.1, -0.05) is 5.16 Å². The van der Waals surface area contributed by atoms with Crippen molar-refractivity contribution in [2.24, 2.45) is 0 Å². The summed E-state index contributed by atoms with van der Waals surface area (Å²) in [5, 5.41) is 5.77. The van der Waals surface area contributed by atoms with Gasteiger partial charge < -0.3 is 14.6 Å². The molecular weight excluding hydrogens is 255 g/mol. The lowest BCUT2D eigenvalue weighted by Gasteiger charge is -2.05. The smallest absolute Gasteiger partial charge is 0.375 e.